The number of carbonyl (C=O) groups is 3. The van der Waals surface area contributed by atoms with Gasteiger partial charge in [0.1, 0.15) is 23.6 Å². The molecule has 0 aliphatic rings. The van der Waals surface area contributed by atoms with Gasteiger partial charge in [0.05, 0.1) is 5.56 Å². The number of carbonyl (C=O) groups excluding carboxylic acids is 3. The minimum absolute atomic E-state index is 0.136. The lowest BCUT2D eigenvalue weighted by Gasteiger charge is -2.20. The second kappa shape index (κ2) is 9.57. The molecule has 0 spiro atoms. The number of hydrogen-bond donors (Lipinski definition) is 1. The second-order valence-corrected chi connectivity index (χ2v) is 8.57. The van der Waals surface area contributed by atoms with E-state index in [0.717, 1.165) is 0 Å². The third-order valence-corrected chi connectivity index (χ3v) is 3.37. The molecule has 1 N–H and O–H groups in total. The molecule has 0 bridgehead atoms. The third-order valence-electron chi connectivity index (χ3n) is 3.37. The predicted octanol–water partition coefficient (Wildman–Crippen LogP) is 3.75. The fourth-order valence-corrected chi connectivity index (χ4v) is 1.99. The van der Waals surface area contributed by atoms with E-state index in [1.54, 1.807) is 72.7 Å². The minimum atomic E-state index is -0.591. The van der Waals surface area contributed by atoms with E-state index in [1.165, 1.54) is 0 Å². The summed E-state index contributed by atoms with van der Waals surface area (Å²) in [7, 11) is 0. The number of alkyl carbamates (subject to hydrolysis) is 1. The molecule has 1 amide bonds. The van der Waals surface area contributed by atoms with Crippen LogP contribution >= 0.6 is 0 Å². The maximum atomic E-state index is 12.2. The van der Waals surface area contributed by atoms with Crippen LogP contribution in [-0.4, -0.2) is 42.2 Å². The Hall–Kier alpha value is -2.57. The molecule has 0 aliphatic heterocycles. The van der Waals surface area contributed by atoms with Gasteiger partial charge in [-0.15, -0.1) is 0 Å². The number of Topliss-reactive ketones (excluding diaryl/α,β-unsaturated/α-hetero) is 1. The van der Waals surface area contributed by atoms with Crippen LogP contribution in [0.2, 0.25) is 0 Å². The molecule has 0 saturated heterocycles. The highest BCUT2D eigenvalue weighted by molar-refractivity contribution is 5.89. The third kappa shape index (κ3) is 9.39. The van der Waals surface area contributed by atoms with E-state index in [2.05, 4.69) is 5.32 Å². The first-order valence-electron chi connectivity index (χ1n) is 9.22. The summed E-state index contributed by atoms with van der Waals surface area (Å²) in [6, 6.07) is 6.38. The molecule has 0 aromatic heterocycles. The number of ether oxygens (including phenoxy) is 3. The van der Waals surface area contributed by atoms with Crippen LogP contribution in [0.15, 0.2) is 24.3 Å². The molecule has 7 nitrogen and oxygen atoms in total. The summed E-state index contributed by atoms with van der Waals surface area (Å²) in [5, 5.41) is 2.57. The molecular weight excluding hydrogens is 362 g/mol. The highest BCUT2D eigenvalue weighted by Crippen LogP contribution is 2.16. The highest BCUT2D eigenvalue weighted by atomic mass is 16.6. The first-order valence-corrected chi connectivity index (χ1v) is 9.22. The van der Waals surface area contributed by atoms with Crippen LogP contribution in [-0.2, 0) is 14.3 Å². The van der Waals surface area contributed by atoms with E-state index >= 15 is 0 Å². The predicted molar refractivity (Wildman–Crippen MR) is 106 cm³/mol. The lowest BCUT2D eigenvalue weighted by Crippen LogP contribution is -2.37. The van der Waals surface area contributed by atoms with Crippen molar-refractivity contribution in [2.24, 2.45) is 5.92 Å². The molecule has 0 fully saturated rings. The van der Waals surface area contributed by atoms with E-state index in [9.17, 15) is 14.4 Å². The van der Waals surface area contributed by atoms with Gasteiger partial charge in [0.2, 0.25) is 0 Å². The summed E-state index contributed by atoms with van der Waals surface area (Å²) >= 11 is 0. The van der Waals surface area contributed by atoms with Gasteiger partial charge in [-0.25, -0.2) is 9.59 Å². The van der Waals surface area contributed by atoms with E-state index in [1.807, 2.05) is 0 Å². The smallest absolute Gasteiger partial charge is 0.407 e. The first-order chi connectivity index (χ1) is 12.8. The van der Waals surface area contributed by atoms with E-state index in [0.29, 0.717) is 11.3 Å². The van der Waals surface area contributed by atoms with Gasteiger partial charge in [0.25, 0.3) is 0 Å². The summed E-state index contributed by atoms with van der Waals surface area (Å²) in [5.41, 5.74) is -0.753. The topological polar surface area (TPSA) is 90.9 Å². The number of nitrogens with one attached hydrogen (secondary N) is 1. The molecule has 1 rings (SSSR count). The van der Waals surface area contributed by atoms with Crippen LogP contribution in [0.3, 0.4) is 0 Å². The fraction of sp³-hybridized carbons (Fsp3) is 0.571. The number of hydrogen-bond acceptors (Lipinski definition) is 6. The van der Waals surface area contributed by atoms with Crippen LogP contribution in [0.5, 0.6) is 5.75 Å². The normalized spacial score (nSPS) is 12.7. The van der Waals surface area contributed by atoms with Crippen molar-refractivity contribution in [2.75, 3.05) is 13.2 Å². The average Bonchev–Trinajstić information content (AvgIpc) is 2.54. The molecule has 1 unspecified atom stereocenters. The molecule has 1 atom stereocenters. The standard InChI is InChI=1S/C21H31NO6/c1-14(12-22-19(25)28-21(5,6)7)17(23)13-26-16-10-8-15(9-11-16)18(24)27-20(2,3)4/h8-11,14H,12-13H2,1-7H3,(H,22,25). The van der Waals surface area contributed by atoms with Crippen molar-refractivity contribution >= 4 is 17.8 Å². The molecule has 0 radical (unpaired) electrons. The Bertz CT molecular complexity index is 682. The van der Waals surface area contributed by atoms with Crippen LogP contribution in [0.1, 0.15) is 58.8 Å². The molecule has 7 heteroatoms. The Labute approximate surface area is 166 Å². The second-order valence-electron chi connectivity index (χ2n) is 8.57. The zero-order chi connectivity index (χ0) is 21.5. The highest BCUT2D eigenvalue weighted by Gasteiger charge is 2.20. The van der Waals surface area contributed by atoms with Gasteiger partial charge in [0.15, 0.2) is 5.78 Å². The van der Waals surface area contributed by atoms with Gasteiger partial charge in [-0.1, -0.05) is 6.92 Å². The van der Waals surface area contributed by atoms with Gasteiger partial charge in [0, 0.05) is 12.5 Å². The quantitative estimate of drug-likeness (QED) is 0.710. The zero-order valence-corrected chi connectivity index (χ0v) is 17.8. The Morgan fingerprint density at radius 2 is 1.46 bits per heavy atom. The summed E-state index contributed by atoms with van der Waals surface area (Å²) in [5.74, 6) is -0.536. The molecule has 1 aromatic rings. The minimum Gasteiger partial charge on any atom is -0.486 e. The Kier molecular flexibility index (Phi) is 8.02. The number of rotatable bonds is 7. The van der Waals surface area contributed by atoms with Gasteiger partial charge in [-0.2, -0.15) is 0 Å². The lowest BCUT2D eigenvalue weighted by atomic mass is 10.1. The maximum Gasteiger partial charge on any atom is 0.407 e. The van der Waals surface area contributed by atoms with Crippen LogP contribution in [0.25, 0.3) is 0 Å². The van der Waals surface area contributed by atoms with Crippen molar-refractivity contribution in [1.29, 1.82) is 0 Å². The van der Waals surface area contributed by atoms with Crippen LogP contribution < -0.4 is 10.1 Å². The zero-order valence-electron chi connectivity index (χ0n) is 17.8. The maximum absolute atomic E-state index is 12.2. The van der Waals surface area contributed by atoms with Crippen molar-refractivity contribution in [1.82, 2.24) is 5.32 Å². The fourth-order valence-electron chi connectivity index (χ4n) is 1.99. The van der Waals surface area contributed by atoms with Gasteiger partial charge in [-0.05, 0) is 65.8 Å². The average molecular weight is 393 g/mol. The summed E-state index contributed by atoms with van der Waals surface area (Å²) in [4.78, 5) is 35.8. The number of esters is 1. The Balaban J connectivity index is 2.45. The van der Waals surface area contributed by atoms with Crippen molar-refractivity contribution in [2.45, 2.75) is 59.7 Å². The van der Waals surface area contributed by atoms with Gasteiger partial charge in [-0.3, -0.25) is 4.79 Å². The van der Waals surface area contributed by atoms with Crippen molar-refractivity contribution < 1.29 is 28.6 Å². The van der Waals surface area contributed by atoms with Crippen LogP contribution in [0, 0.1) is 5.92 Å². The lowest BCUT2D eigenvalue weighted by molar-refractivity contribution is -0.124. The SMILES string of the molecule is CC(CNC(=O)OC(C)(C)C)C(=O)COc1ccc(C(=O)OC(C)(C)C)cc1. The van der Waals surface area contributed by atoms with E-state index in [-0.39, 0.29) is 18.9 Å². The molecule has 156 valence electrons. The summed E-state index contributed by atoms with van der Waals surface area (Å²) in [6.07, 6.45) is -0.564. The van der Waals surface area contributed by atoms with Crippen molar-refractivity contribution in [3.63, 3.8) is 0 Å². The molecule has 28 heavy (non-hydrogen) atoms. The van der Waals surface area contributed by atoms with E-state index in [4.69, 9.17) is 14.2 Å². The molecule has 0 heterocycles. The first kappa shape index (κ1) is 23.5. The molecule has 0 aliphatic carbocycles. The molecule has 1 aromatic carbocycles. The molecule has 0 saturated carbocycles. The number of benzene rings is 1. The summed E-state index contributed by atoms with van der Waals surface area (Å²) in [6.45, 7) is 12.4. The van der Waals surface area contributed by atoms with E-state index < -0.39 is 29.2 Å². The Morgan fingerprint density at radius 1 is 0.929 bits per heavy atom. The van der Waals surface area contributed by atoms with Crippen molar-refractivity contribution in [3.8, 4) is 5.75 Å². The summed E-state index contributed by atoms with van der Waals surface area (Å²) < 4.78 is 15.9. The van der Waals surface area contributed by atoms with Gasteiger partial charge >= 0.3 is 12.1 Å². The largest absolute Gasteiger partial charge is 0.486 e. The number of amides is 1. The van der Waals surface area contributed by atoms with Crippen molar-refractivity contribution in [3.05, 3.63) is 29.8 Å². The monoisotopic (exact) mass is 393 g/mol. The van der Waals surface area contributed by atoms with Crippen LogP contribution in [0.4, 0.5) is 4.79 Å². The Morgan fingerprint density at radius 3 is 1.96 bits per heavy atom. The molecular formula is C21H31NO6. The number of ketones is 1. The van der Waals surface area contributed by atoms with Gasteiger partial charge < -0.3 is 19.5 Å².